The van der Waals surface area contributed by atoms with Crippen molar-refractivity contribution in [2.75, 3.05) is 6.61 Å². The molecule has 4 aromatic rings. The number of ether oxygens (including phenoxy) is 2. The minimum atomic E-state index is -0.301. The lowest BCUT2D eigenvalue weighted by Crippen LogP contribution is -2.06. The summed E-state index contributed by atoms with van der Waals surface area (Å²) in [5.41, 5.74) is 5.06. The Bertz CT molecular complexity index is 1410. The second-order valence-corrected chi connectivity index (χ2v) is 9.46. The molecule has 3 nitrogen and oxygen atoms in total. The Balaban J connectivity index is 1.25. The maximum absolute atomic E-state index is 15.1. The van der Waals surface area contributed by atoms with Crippen molar-refractivity contribution in [3.63, 3.8) is 0 Å². The van der Waals surface area contributed by atoms with Gasteiger partial charge in [0.15, 0.2) is 0 Å². The summed E-state index contributed by atoms with van der Waals surface area (Å²) in [6, 6.07) is 19.9. The summed E-state index contributed by atoms with van der Waals surface area (Å²) >= 11 is 0. The Morgan fingerprint density at radius 2 is 1.86 bits per heavy atom. The van der Waals surface area contributed by atoms with Crippen molar-refractivity contribution in [1.29, 1.82) is 0 Å². The molecule has 0 N–H and O–H groups in total. The monoisotopic (exact) mass is 465 g/mol. The molecule has 1 fully saturated rings. The van der Waals surface area contributed by atoms with Crippen LogP contribution in [0.25, 0.3) is 21.9 Å². The van der Waals surface area contributed by atoms with Gasteiger partial charge in [0.05, 0.1) is 12.4 Å². The van der Waals surface area contributed by atoms with Crippen LogP contribution in [0.5, 0.6) is 5.75 Å². The summed E-state index contributed by atoms with van der Waals surface area (Å²) < 4.78 is 27.0. The van der Waals surface area contributed by atoms with E-state index in [2.05, 4.69) is 35.8 Å². The van der Waals surface area contributed by atoms with Crippen LogP contribution in [0, 0.1) is 11.7 Å². The Hall–Kier alpha value is -3.66. The minimum Gasteiger partial charge on any atom is -0.499 e. The van der Waals surface area contributed by atoms with Gasteiger partial charge in [-0.15, -0.1) is 0 Å². The first-order chi connectivity index (χ1) is 17.1. The van der Waals surface area contributed by atoms with Crippen LogP contribution in [-0.2, 0) is 11.2 Å². The van der Waals surface area contributed by atoms with Crippen molar-refractivity contribution in [2.24, 2.45) is 5.92 Å². The van der Waals surface area contributed by atoms with Crippen LogP contribution in [0.1, 0.15) is 48.5 Å². The summed E-state index contributed by atoms with van der Waals surface area (Å²) in [5, 5.41) is 2.21. The average molecular weight is 466 g/mol. The fraction of sp³-hybridized carbons (Fsp3) is 0.258. The van der Waals surface area contributed by atoms with Crippen LogP contribution in [0.4, 0.5) is 4.39 Å². The van der Waals surface area contributed by atoms with E-state index in [1.54, 1.807) is 6.07 Å². The smallest absolute Gasteiger partial charge is 0.130 e. The lowest BCUT2D eigenvalue weighted by Gasteiger charge is -2.17. The maximum atomic E-state index is 15.1. The minimum absolute atomic E-state index is 0.202. The van der Waals surface area contributed by atoms with E-state index in [0.29, 0.717) is 24.0 Å². The fourth-order valence-corrected chi connectivity index (χ4v) is 5.54. The normalized spacial score (nSPS) is 20.5. The lowest BCUT2D eigenvalue weighted by atomic mass is 9.94. The third-order valence-corrected chi connectivity index (χ3v) is 7.36. The van der Waals surface area contributed by atoms with E-state index in [9.17, 15) is 0 Å². The molecule has 0 radical (unpaired) electrons. The van der Waals surface area contributed by atoms with Crippen molar-refractivity contribution in [3.05, 3.63) is 108 Å². The Labute approximate surface area is 205 Å². The van der Waals surface area contributed by atoms with Crippen LogP contribution in [-0.4, -0.2) is 11.6 Å². The van der Waals surface area contributed by atoms with Gasteiger partial charge in [-0.3, -0.25) is 4.98 Å². The van der Waals surface area contributed by atoms with Crippen molar-refractivity contribution in [2.45, 2.75) is 38.2 Å². The lowest BCUT2D eigenvalue weighted by molar-refractivity contribution is 0.203. The molecule has 4 heteroatoms. The van der Waals surface area contributed by atoms with Crippen molar-refractivity contribution < 1.29 is 13.9 Å². The highest BCUT2D eigenvalue weighted by atomic mass is 19.1. The highest BCUT2D eigenvalue weighted by Gasteiger charge is 2.41. The van der Waals surface area contributed by atoms with Gasteiger partial charge in [-0.2, -0.15) is 0 Å². The van der Waals surface area contributed by atoms with Crippen LogP contribution in [0.2, 0.25) is 0 Å². The standard InChI is InChI=1S/C31H28FNO2/c1-3-34-19(2)26-16-27(26)20-8-10-22(11-9-20)35-30-15-13-25-24(12-14-29(32)31(25)30)28-18-33-17-21-6-4-5-7-23(21)28/h4-12,14,17-18,26-27,30H,2-3,13,15-16H2,1H3/t26-,27-,30-/m1/s1. The molecule has 0 aliphatic heterocycles. The summed E-state index contributed by atoms with van der Waals surface area (Å²) in [5.74, 6) is 2.31. The molecule has 1 heterocycles. The first kappa shape index (κ1) is 21.8. The third-order valence-electron chi connectivity index (χ3n) is 7.36. The number of rotatable bonds is 7. The van der Waals surface area contributed by atoms with E-state index < -0.39 is 0 Å². The number of benzene rings is 3. The van der Waals surface area contributed by atoms with Crippen molar-refractivity contribution in [1.82, 2.24) is 4.98 Å². The number of fused-ring (bicyclic) bond motifs is 2. The zero-order valence-corrected chi connectivity index (χ0v) is 19.8. The summed E-state index contributed by atoms with van der Waals surface area (Å²) in [6.07, 6.45) is 6.06. The Kier molecular flexibility index (Phi) is 5.52. The zero-order valence-electron chi connectivity index (χ0n) is 19.8. The number of hydrogen-bond donors (Lipinski definition) is 0. The molecule has 0 amide bonds. The molecule has 0 unspecified atom stereocenters. The van der Waals surface area contributed by atoms with E-state index in [1.165, 1.54) is 5.56 Å². The maximum Gasteiger partial charge on any atom is 0.130 e. The quantitative estimate of drug-likeness (QED) is 0.261. The zero-order chi connectivity index (χ0) is 23.9. The number of pyridine rings is 1. The fourth-order valence-electron chi connectivity index (χ4n) is 5.54. The molecule has 0 saturated heterocycles. The Morgan fingerprint density at radius 3 is 2.69 bits per heavy atom. The van der Waals surface area contributed by atoms with Crippen LogP contribution in [0.15, 0.2) is 85.4 Å². The SMILES string of the molecule is C=C(OCC)[C@H]1C[C@@H]1c1ccc(O[C@@H]2CCc3c(-c4cncc5ccccc45)ccc(F)c32)cc1. The Morgan fingerprint density at radius 1 is 1.03 bits per heavy atom. The molecule has 35 heavy (non-hydrogen) atoms. The first-order valence-corrected chi connectivity index (χ1v) is 12.4. The number of hydrogen-bond acceptors (Lipinski definition) is 3. The highest BCUT2D eigenvalue weighted by Crippen LogP contribution is 2.52. The van der Waals surface area contributed by atoms with Gasteiger partial charge in [0, 0.05) is 34.8 Å². The second kappa shape index (κ2) is 8.84. The van der Waals surface area contributed by atoms with Gasteiger partial charge in [-0.25, -0.2) is 4.39 Å². The van der Waals surface area contributed by atoms with E-state index in [4.69, 9.17) is 9.47 Å². The topological polar surface area (TPSA) is 31.4 Å². The summed E-state index contributed by atoms with van der Waals surface area (Å²) in [7, 11) is 0. The molecule has 1 saturated carbocycles. The van der Waals surface area contributed by atoms with Crippen molar-refractivity contribution >= 4 is 10.8 Å². The predicted molar refractivity (Wildman–Crippen MR) is 137 cm³/mol. The molecule has 3 atom stereocenters. The number of aromatic nitrogens is 1. The van der Waals surface area contributed by atoms with Gasteiger partial charge < -0.3 is 9.47 Å². The van der Waals surface area contributed by atoms with Gasteiger partial charge in [0.1, 0.15) is 17.7 Å². The van der Waals surface area contributed by atoms with Crippen LogP contribution >= 0.6 is 0 Å². The van der Waals surface area contributed by atoms with E-state index in [0.717, 1.165) is 58.2 Å². The van der Waals surface area contributed by atoms with Crippen molar-refractivity contribution in [3.8, 4) is 16.9 Å². The molecule has 6 rings (SSSR count). The predicted octanol–water partition coefficient (Wildman–Crippen LogP) is 7.76. The summed E-state index contributed by atoms with van der Waals surface area (Å²) in [6.45, 7) is 6.70. The van der Waals surface area contributed by atoms with E-state index in [-0.39, 0.29) is 11.9 Å². The van der Waals surface area contributed by atoms with Gasteiger partial charge in [0.25, 0.3) is 0 Å². The first-order valence-electron chi connectivity index (χ1n) is 12.4. The summed E-state index contributed by atoms with van der Waals surface area (Å²) in [4.78, 5) is 4.44. The molecule has 2 aliphatic rings. The second-order valence-electron chi connectivity index (χ2n) is 9.46. The molecule has 176 valence electrons. The molecular formula is C31H28FNO2. The van der Waals surface area contributed by atoms with Crippen LogP contribution < -0.4 is 4.74 Å². The molecule has 2 aliphatic carbocycles. The molecule has 0 spiro atoms. The molecule has 3 aromatic carbocycles. The number of allylic oxidation sites excluding steroid dienone is 1. The molecular weight excluding hydrogens is 437 g/mol. The van der Waals surface area contributed by atoms with Crippen LogP contribution in [0.3, 0.4) is 0 Å². The third kappa shape index (κ3) is 3.97. The number of nitrogens with zero attached hydrogens (tertiary/aromatic N) is 1. The van der Waals surface area contributed by atoms with Gasteiger partial charge >= 0.3 is 0 Å². The number of halogens is 1. The highest BCUT2D eigenvalue weighted by molar-refractivity contribution is 5.96. The van der Waals surface area contributed by atoms with Gasteiger partial charge in [-0.05, 0) is 72.4 Å². The van der Waals surface area contributed by atoms with Gasteiger partial charge in [0.2, 0.25) is 0 Å². The largest absolute Gasteiger partial charge is 0.499 e. The molecule has 1 aromatic heterocycles. The van der Waals surface area contributed by atoms with Gasteiger partial charge in [-0.1, -0.05) is 49.0 Å². The average Bonchev–Trinajstić information content (AvgIpc) is 3.58. The van der Waals surface area contributed by atoms with E-state index in [1.807, 2.05) is 49.6 Å². The molecule has 0 bridgehead atoms. The van der Waals surface area contributed by atoms with E-state index >= 15 is 4.39 Å².